The van der Waals surface area contributed by atoms with Crippen LogP contribution in [0.2, 0.25) is 10.0 Å². The molecule has 5 rings (SSSR count). The van der Waals surface area contributed by atoms with Gasteiger partial charge in [-0.15, -0.1) is 23.1 Å². The minimum atomic E-state index is -0.549. The molecule has 3 N–H and O–H groups in total. The zero-order chi connectivity index (χ0) is 32.5. The number of amides is 3. The Kier molecular flexibility index (Phi) is 11.1. The van der Waals surface area contributed by atoms with E-state index in [-0.39, 0.29) is 17.4 Å². The highest BCUT2D eigenvalue weighted by Crippen LogP contribution is 2.28. The molecule has 0 saturated heterocycles. The number of aromatic nitrogens is 1. The molecule has 1 aromatic heterocycles. The van der Waals surface area contributed by atoms with Crippen LogP contribution in [0.25, 0.3) is 17.3 Å². The molecule has 0 radical (unpaired) electrons. The summed E-state index contributed by atoms with van der Waals surface area (Å²) in [4.78, 5) is 44.1. The van der Waals surface area contributed by atoms with Crippen molar-refractivity contribution in [3.63, 3.8) is 0 Å². The molecule has 5 aromatic rings. The van der Waals surface area contributed by atoms with E-state index in [1.165, 1.54) is 29.2 Å². The molecule has 0 spiro atoms. The van der Waals surface area contributed by atoms with Gasteiger partial charge in [-0.1, -0.05) is 47.5 Å². The highest BCUT2D eigenvalue weighted by atomic mass is 35.5. The molecule has 0 atom stereocenters. The molecule has 0 unspecified atom stereocenters. The summed E-state index contributed by atoms with van der Waals surface area (Å²) in [6, 6.07) is 28.0. The zero-order valence-corrected chi connectivity index (χ0v) is 27.4. The highest BCUT2D eigenvalue weighted by molar-refractivity contribution is 8.00. The maximum absolute atomic E-state index is 13.3. The van der Waals surface area contributed by atoms with Gasteiger partial charge in [-0.3, -0.25) is 14.4 Å². The number of halogens is 2. The average molecular weight is 690 g/mol. The summed E-state index contributed by atoms with van der Waals surface area (Å²) in [6.45, 7) is 0. The Morgan fingerprint density at radius 2 is 1.65 bits per heavy atom. The first-order chi connectivity index (χ1) is 22.3. The van der Waals surface area contributed by atoms with Crippen molar-refractivity contribution in [2.24, 2.45) is 0 Å². The molecule has 4 aromatic carbocycles. The number of methoxy groups -OCH3 is 1. The van der Waals surface area contributed by atoms with Crippen LogP contribution in [0.3, 0.4) is 0 Å². The SMILES string of the molecule is COc1ccc(-c2csc(NC(=O)CSc3ccc(NC(=O)/C(=C/c4ccc(Cl)cc4Cl)NC(=O)c4ccccc4)cc3)n2)cc1. The van der Waals surface area contributed by atoms with E-state index in [1.807, 2.05) is 29.6 Å². The van der Waals surface area contributed by atoms with Gasteiger partial charge in [0.2, 0.25) is 5.91 Å². The maximum atomic E-state index is 13.3. The fourth-order valence-corrected chi connectivity index (χ4v) is 5.98. The van der Waals surface area contributed by atoms with Crippen LogP contribution in [-0.4, -0.2) is 35.6 Å². The van der Waals surface area contributed by atoms with Gasteiger partial charge in [-0.05, 0) is 84.4 Å². The summed E-state index contributed by atoms with van der Waals surface area (Å²) in [5.41, 5.74) is 3.07. The van der Waals surface area contributed by atoms with Crippen LogP contribution in [0, 0.1) is 0 Å². The number of anilines is 2. The van der Waals surface area contributed by atoms with Gasteiger partial charge in [0.25, 0.3) is 11.8 Å². The molecule has 0 aliphatic heterocycles. The fraction of sp³-hybridized carbons (Fsp3) is 0.0588. The van der Waals surface area contributed by atoms with Crippen molar-refractivity contribution in [3.05, 3.63) is 129 Å². The number of hydrogen-bond donors (Lipinski definition) is 3. The lowest BCUT2D eigenvalue weighted by atomic mass is 10.1. The minimum Gasteiger partial charge on any atom is -0.497 e. The third-order valence-electron chi connectivity index (χ3n) is 6.41. The molecular formula is C34H26Cl2N4O4S2. The Morgan fingerprint density at radius 3 is 2.35 bits per heavy atom. The van der Waals surface area contributed by atoms with Gasteiger partial charge in [0.05, 0.1) is 18.6 Å². The van der Waals surface area contributed by atoms with Gasteiger partial charge in [-0.2, -0.15) is 0 Å². The first-order valence-electron chi connectivity index (χ1n) is 13.7. The number of ether oxygens (including phenoxy) is 1. The van der Waals surface area contributed by atoms with Crippen LogP contribution >= 0.6 is 46.3 Å². The van der Waals surface area contributed by atoms with Gasteiger partial charge in [0.15, 0.2) is 5.13 Å². The van der Waals surface area contributed by atoms with Gasteiger partial charge in [0.1, 0.15) is 11.4 Å². The highest BCUT2D eigenvalue weighted by Gasteiger charge is 2.16. The van der Waals surface area contributed by atoms with Gasteiger partial charge < -0.3 is 20.7 Å². The zero-order valence-electron chi connectivity index (χ0n) is 24.3. The number of hydrogen-bond acceptors (Lipinski definition) is 7. The van der Waals surface area contributed by atoms with Crippen LogP contribution in [0.1, 0.15) is 15.9 Å². The second-order valence-electron chi connectivity index (χ2n) is 9.63. The molecule has 8 nitrogen and oxygen atoms in total. The predicted molar refractivity (Wildman–Crippen MR) is 187 cm³/mol. The van der Waals surface area contributed by atoms with Crippen LogP contribution < -0.4 is 20.7 Å². The lowest BCUT2D eigenvalue weighted by molar-refractivity contribution is -0.114. The first-order valence-corrected chi connectivity index (χ1v) is 16.4. The van der Waals surface area contributed by atoms with Gasteiger partial charge in [-0.25, -0.2) is 4.98 Å². The Balaban J connectivity index is 1.19. The van der Waals surface area contributed by atoms with Crippen molar-refractivity contribution in [2.45, 2.75) is 4.90 Å². The largest absolute Gasteiger partial charge is 0.497 e. The molecule has 0 aliphatic carbocycles. The van der Waals surface area contributed by atoms with E-state index in [1.54, 1.807) is 79.9 Å². The second kappa shape index (κ2) is 15.6. The van der Waals surface area contributed by atoms with Crippen molar-refractivity contribution in [1.82, 2.24) is 10.3 Å². The number of nitrogens with one attached hydrogen (secondary N) is 3. The van der Waals surface area contributed by atoms with Crippen LogP contribution in [0.4, 0.5) is 10.8 Å². The number of thioether (sulfide) groups is 1. The molecular weight excluding hydrogens is 663 g/mol. The predicted octanol–water partition coefficient (Wildman–Crippen LogP) is 8.27. The Hall–Kier alpha value is -4.61. The maximum Gasteiger partial charge on any atom is 0.272 e. The Bertz CT molecular complexity index is 1880. The molecule has 0 bridgehead atoms. The molecule has 232 valence electrons. The van der Waals surface area contributed by atoms with Crippen molar-refractivity contribution in [2.75, 3.05) is 23.5 Å². The summed E-state index contributed by atoms with van der Waals surface area (Å²) >= 11 is 15.0. The van der Waals surface area contributed by atoms with Crippen molar-refractivity contribution < 1.29 is 19.1 Å². The quantitative estimate of drug-likeness (QED) is 0.0952. The van der Waals surface area contributed by atoms with Crippen molar-refractivity contribution in [3.8, 4) is 17.0 Å². The number of carbonyl (C=O) groups is 3. The molecule has 0 saturated carbocycles. The topological polar surface area (TPSA) is 109 Å². The third-order valence-corrected chi connectivity index (χ3v) is 8.74. The van der Waals surface area contributed by atoms with E-state index >= 15 is 0 Å². The number of rotatable bonds is 11. The first kappa shape index (κ1) is 32.8. The van der Waals surface area contributed by atoms with E-state index in [9.17, 15) is 14.4 Å². The summed E-state index contributed by atoms with van der Waals surface area (Å²) in [7, 11) is 1.61. The lowest BCUT2D eigenvalue weighted by Gasteiger charge is -2.12. The second-order valence-corrected chi connectivity index (χ2v) is 12.4. The monoisotopic (exact) mass is 688 g/mol. The molecule has 0 aliphatic rings. The van der Waals surface area contributed by atoms with Crippen molar-refractivity contribution in [1.29, 1.82) is 0 Å². The van der Waals surface area contributed by atoms with E-state index in [0.717, 1.165) is 21.9 Å². The van der Waals surface area contributed by atoms with Crippen molar-refractivity contribution >= 4 is 80.9 Å². The minimum absolute atomic E-state index is 0.00877. The van der Waals surface area contributed by atoms with Gasteiger partial charge >= 0.3 is 0 Å². The average Bonchev–Trinajstić information content (AvgIpc) is 3.54. The Morgan fingerprint density at radius 1 is 0.913 bits per heavy atom. The fourth-order valence-electron chi connectivity index (χ4n) is 4.08. The van der Waals surface area contributed by atoms with E-state index < -0.39 is 11.8 Å². The molecule has 1 heterocycles. The van der Waals surface area contributed by atoms with Crippen LogP contribution in [0.5, 0.6) is 5.75 Å². The molecule has 12 heteroatoms. The van der Waals surface area contributed by atoms with Crippen LogP contribution in [-0.2, 0) is 9.59 Å². The summed E-state index contributed by atoms with van der Waals surface area (Å²) in [5.74, 6) is -0.265. The molecule has 3 amide bonds. The lowest BCUT2D eigenvalue weighted by Crippen LogP contribution is -2.30. The van der Waals surface area contributed by atoms with E-state index in [0.29, 0.717) is 32.0 Å². The molecule has 0 fully saturated rings. The van der Waals surface area contributed by atoms with Crippen LogP contribution in [0.15, 0.2) is 113 Å². The van der Waals surface area contributed by atoms with E-state index in [4.69, 9.17) is 27.9 Å². The normalized spacial score (nSPS) is 11.1. The number of nitrogens with zero attached hydrogens (tertiary/aromatic N) is 1. The summed E-state index contributed by atoms with van der Waals surface area (Å²) < 4.78 is 5.19. The smallest absolute Gasteiger partial charge is 0.272 e. The number of benzene rings is 4. The number of carbonyl (C=O) groups excluding carboxylic acids is 3. The molecule has 46 heavy (non-hydrogen) atoms. The standard InChI is InChI=1S/C34H26Cl2N4O4S2/c1-44-26-13-8-21(9-14-26)30-19-46-34(39-30)40-31(41)20-45-27-15-11-25(12-16-27)37-33(43)29(17-23-7-10-24(35)18-28(23)36)38-32(42)22-5-3-2-4-6-22/h2-19H,20H2,1H3,(H,37,43)(H,38,42)(H,39,40,41)/b29-17-. The van der Waals surface area contributed by atoms with E-state index in [2.05, 4.69) is 20.9 Å². The van der Waals surface area contributed by atoms with Gasteiger partial charge in [0, 0.05) is 37.1 Å². The third kappa shape index (κ3) is 8.98. The Labute approximate surface area is 283 Å². The summed E-state index contributed by atoms with van der Waals surface area (Å²) in [6.07, 6.45) is 1.49. The summed E-state index contributed by atoms with van der Waals surface area (Å²) in [5, 5.41) is 11.5. The number of thiazole rings is 1.